The van der Waals surface area contributed by atoms with Crippen molar-refractivity contribution in [2.45, 2.75) is 31.9 Å². The van der Waals surface area contributed by atoms with Gasteiger partial charge in [0.2, 0.25) is 0 Å². The number of halogens is 2. The van der Waals surface area contributed by atoms with E-state index < -0.39 is 0 Å². The largest absolute Gasteiger partial charge is 0.489 e. The Labute approximate surface area is 103 Å². The molecule has 0 saturated heterocycles. The Morgan fingerprint density at radius 2 is 2.25 bits per heavy atom. The zero-order valence-electron chi connectivity index (χ0n) is 9.17. The second kappa shape index (κ2) is 5.15. The van der Waals surface area contributed by atoms with Crippen molar-refractivity contribution in [3.63, 3.8) is 0 Å². The number of nitrogens with one attached hydrogen (secondary N) is 1. The van der Waals surface area contributed by atoms with E-state index in [0.29, 0.717) is 11.8 Å². The van der Waals surface area contributed by atoms with Crippen LogP contribution in [0.2, 0.25) is 0 Å². The molecule has 1 fully saturated rings. The smallest absolute Gasteiger partial charge is 0.136 e. The number of hydrogen-bond donors (Lipinski definition) is 1. The normalized spacial score (nSPS) is 23.9. The average molecular weight is 288 g/mol. The molecule has 0 heterocycles. The number of benzene rings is 1. The minimum Gasteiger partial charge on any atom is -0.489 e. The maximum atomic E-state index is 13.0. The van der Waals surface area contributed by atoms with E-state index >= 15 is 0 Å². The first-order valence-corrected chi connectivity index (χ1v) is 6.33. The molecule has 0 radical (unpaired) electrons. The van der Waals surface area contributed by atoms with E-state index in [1.165, 1.54) is 12.1 Å². The van der Waals surface area contributed by atoms with Crippen molar-refractivity contribution in [2.75, 3.05) is 6.54 Å². The Morgan fingerprint density at radius 3 is 2.94 bits per heavy atom. The lowest BCUT2D eigenvalue weighted by Crippen LogP contribution is -2.46. The number of hydrogen-bond acceptors (Lipinski definition) is 2. The topological polar surface area (TPSA) is 21.3 Å². The Morgan fingerprint density at radius 1 is 1.50 bits per heavy atom. The molecule has 0 unspecified atom stereocenters. The summed E-state index contributed by atoms with van der Waals surface area (Å²) in [7, 11) is 0. The van der Waals surface area contributed by atoms with Crippen molar-refractivity contribution >= 4 is 15.9 Å². The SMILES string of the molecule is CCNC1CC(Oc2cc(F)ccc2Br)C1. The molecular weight excluding hydrogens is 273 g/mol. The fourth-order valence-corrected chi connectivity index (χ4v) is 2.20. The van der Waals surface area contributed by atoms with Crippen molar-refractivity contribution in [1.29, 1.82) is 0 Å². The van der Waals surface area contributed by atoms with Gasteiger partial charge in [-0.2, -0.15) is 0 Å². The maximum Gasteiger partial charge on any atom is 0.136 e. The molecule has 0 aliphatic heterocycles. The molecule has 1 aromatic rings. The van der Waals surface area contributed by atoms with Crippen LogP contribution in [0.4, 0.5) is 4.39 Å². The molecule has 1 aliphatic carbocycles. The predicted octanol–water partition coefficient (Wildman–Crippen LogP) is 3.11. The molecule has 0 atom stereocenters. The van der Waals surface area contributed by atoms with Crippen LogP contribution in [-0.2, 0) is 0 Å². The van der Waals surface area contributed by atoms with E-state index in [4.69, 9.17) is 4.74 Å². The molecule has 2 nitrogen and oxygen atoms in total. The third kappa shape index (κ3) is 2.74. The highest BCUT2D eigenvalue weighted by molar-refractivity contribution is 9.10. The van der Waals surface area contributed by atoms with E-state index in [1.54, 1.807) is 6.07 Å². The van der Waals surface area contributed by atoms with Gasteiger partial charge >= 0.3 is 0 Å². The van der Waals surface area contributed by atoms with Crippen LogP contribution in [0.5, 0.6) is 5.75 Å². The van der Waals surface area contributed by atoms with Crippen molar-refractivity contribution < 1.29 is 9.13 Å². The van der Waals surface area contributed by atoms with E-state index in [2.05, 4.69) is 28.2 Å². The molecule has 1 saturated carbocycles. The molecule has 1 aliphatic rings. The standard InChI is InChI=1S/C12H15BrFNO/c1-2-15-9-6-10(7-9)16-12-5-8(14)3-4-11(12)13/h3-5,9-10,15H,2,6-7H2,1H3. The average Bonchev–Trinajstić information content (AvgIpc) is 2.20. The molecular formula is C12H15BrFNO. The Bertz CT molecular complexity index is 366. The highest BCUT2D eigenvalue weighted by atomic mass is 79.9. The summed E-state index contributed by atoms with van der Waals surface area (Å²) in [6.07, 6.45) is 2.20. The zero-order valence-corrected chi connectivity index (χ0v) is 10.8. The quantitative estimate of drug-likeness (QED) is 0.919. The first kappa shape index (κ1) is 11.9. The summed E-state index contributed by atoms with van der Waals surface area (Å²) in [5.41, 5.74) is 0. The van der Waals surface area contributed by atoms with Gasteiger partial charge in [-0.15, -0.1) is 0 Å². The summed E-state index contributed by atoms with van der Waals surface area (Å²) < 4.78 is 19.5. The maximum absolute atomic E-state index is 13.0. The minimum atomic E-state index is -0.263. The first-order chi connectivity index (χ1) is 7.69. The van der Waals surface area contributed by atoms with Gasteiger partial charge < -0.3 is 10.1 Å². The van der Waals surface area contributed by atoms with E-state index in [1.807, 2.05) is 0 Å². The summed E-state index contributed by atoms with van der Waals surface area (Å²) in [5, 5.41) is 3.36. The second-order valence-corrected chi connectivity index (χ2v) is 4.89. The van der Waals surface area contributed by atoms with Gasteiger partial charge in [0.15, 0.2) is 0 Å². The third-order valence-electron chi connectivity index (χ3n) is 2.77. The summed E-state index contributed by atoms with van der Waals surface area (Å²) in [6.45, 7) is 3.08. The van der Waals surface area contributed by atoms with Gasteiger partial charge in [0.1, 0.15) is 17.7 Å². The van der Waals surface area contributed by atoms with Crippen LogP contribution in [0.1, 0.15) is 19.8 Å². The fourth-order valence-electron chi connectivity index (χ4n) is 1.86. The van der Waals surface area contributed by atoms with Crippen LogP contribution >= 0.6 is 15.9 Å². The monoisotopic (exact) mass is 287 g/mol. The summed E-state index contributed by atoms with van der Waals surface area (Å²) in [4.78, 5) is 0. The van der Waals surface area contributed by atoms with E-state index in [9.17, 15) is 4.39 Å². The van der Waals surface area contributed by atoms with E-state index in [0.717, 1.165) is 23.9 Å². The third-order valence-corrected chi connectivity index (χ3v) is 3.43. The van der Waals surface area contributed by atoms with Gasteiger partial charge in [-0.1, -0.05) is 6.92 Å². The summed E-state index contributed by atoms with van der Waals surface area (Å²) in [5.74, 6) is 0.334. The molecule has 1 N–H and O–H groups in total. The van der Waals surface area contributed by atoms with Gasteiger partial charge in [-0.25, -0.2) is 4.39 Å². The predicted molar refractivity (Wildman–Crippen MR) is 65.2 cm³/mol. The molecule has 0 amide bonds. The fraction of sp³-hybridized carbons (Fsp3) is 0.500. The Hall–Kier alpha value is -0.610. The van der Waals surface area contributed by atoms with E-state index in [-0.39, 0.29) is 11.9 Å². The van der Waals surface area contributed by atoms with Crippen molar-refractivity contribution in [2.24, 2.45) is 0 Å². The molecule has 0 bridgehead atoms. The van der Waals surface area contributed by atoms with Crippen molar-refractivity contribution in [1.82, 2.24) is 5.32 Å². The van der Waals surface area contributed by atoms with Gasteiger partial charge in [0.05, 0.1) is 4.47 Å². The van der Waals surface area contributed by atoms with Crippen molar-refractivity contribution in [3.05, 3.63) is 28.5 Å². The van der Waals surface area contributed by atoms with Crippen molar-refractivity contribution in [3.8, 4) is 5.75 Å². The lowest BCUT2D eigenvalue weighted by atomic mass is 9.89. The summed E-state index contributed by atoms with van der Waals surface area (Å²) >= 11 is 3.35. The van der Waals surface area contributed by atoms with Crippen LogP contribution in [0.25, 0.3) is 0 Å². The minimum absolute atomic E-state index is 0.210. The molecule has 88 valence electrons. The number of ether oxygens (including phenoxy) is 1. The summed E-state index contributed by atoms with van der Waals surface area (Å²) in [6, 6.07) is 5.07. The van der Waals surface area contributed by atoms with Gasteiger partial charge in [0.25, 0.3) is 0 Å². The van der Waals surface area contributed by atoms with Crippen LogP contribution < -0.4 is 10.1 Å². The Kier molecular flexibility index (Phi) is 3.82. The molecule has 0 spiro atoms. The van der Waals surface area contributed by atoms with Gasteiger partial charge in [-0.05, 0) is 47.4 Å². The van der Waals surface area contributed by atoms with Crippen LogP contribution in [0, 0.1) is 5.82 Å². The zero-order chi connectivity index (χ0) is 11.5. The van der Waals surface area contributed by atoms with Gasteiger partial charge in [0, 0.05) is 12.1 Å². The van der Waals surface area contributed by atoms with Crippen LogP contribution in [0.15, 0.2) is 22.7 Å². The van der Waals surface area contributed by atoms with Crippen LogP contribution in [0.3, 0.4) is 0 Å². The first-order valence-electron chi connectivity index (χ1n) is 5.54. The Balaban J connectivity index is 1.89. The molecule has 1 aromatic carbocycles. The lowest BCUT2D eigenvalue weighted by molar-refractivity contribution is 0.0849. The number of rotatable bonds is 4. The lowest BCUT2D eigenvalue weighted by Gasteiger charge is -2.36. The van der Waals surface area contributed by atoms with Crippen LogP contribution in [-0.4, -0.2) is 18.7 Å². The molecule has 4 heteroatoms. The molecule has 0 aromatic heterocycles. The molecule has 16 heavy (non-hydrogen) atoms. The second-order valence-electron chi connectivity index (χ2n) is 4.04. The highest BCUT2D eigenvalue weighted by Crippen LogP contribution is 2.31. The highest BCUT2D eigenvalue weighted by Gasteiger charge is 2.30. The van der Waals surface area contributed by atoms with Gasteiger partial charge in [-0.3, -0.25) is 0 Å². The molecule has 2 rings (SSSR count).